The second-order valence-electron chi connectivity index (χ2n) is 6.61. The van der Waals surface area contributed by atoms with Crippen molar-refractivity contribution < 1.29 is 9.90 Å². The molecule has 0 unspecified atom stereocenters. The van der Waals surface area contributed by atoms with E-state index in [-0.39, 0.29) is 11.4 Å². The van der Waals surface area contributed by atoms with E-state index < -0.39 is 14.0 Å². The lowest BCUT2D eigenvalue weighted by molar-refractivity contribution is 0.0692. The number of aromatic carboxylic acids is 1. The summed E-state index contributed by atoms with van der Waals surface area (Å²) in [4.78, 5) is 15.7. The van der Waals surface area contributed by atoms with E-state index in [4.69, 9.17) is 5.73 Å². The van der Waals surface area contributed by atoms with Crippen molar-refractivity contribution in [3.63, 3.8) is 0 Å². The van der Waals surface area contributed by atoms with E-state index in [1.807, 2.05) is 26.0 Å². The number of hydrogen-bond donors (Lipinski definition) is 2. The van der Waals surface area contributed by atoms with Crippen molar-refractivity contribution in [2.24, 2.45) is 0 Å². The zero-order valence-electron chi connectivity index (χ0n) is 13.7. The first kappa shape index (κ1) is 16.2. The van der Waals surface area contributed by atoms with Crippen LogP contribution in [0.3, 0.4) is 0 Å². The number of hydrogen-bond acceptors (Lipinski definition) is 3. The topological polar surface area (TPSA) is 76.2 Å². The van der Waals surface area contributed by atoms with Crippen molar-refractivity contribution in [3.05, 3.63) is 41.1 Å². The third-order valence-electron chi connectivity index (χ3n) is 4.01. The molecule has 0 saturated carbocycles. The van der Waals surface area contributed by atoms with Crippen LogP contribution in [0.25, 0.3) is 11.3 Å². The Morgan fingerprint density at radius 1 is 1.18 bits per heavy atom. The summed E-state index contributed by atoms with van der Waals surface area (Å²) in [6.07, 6.45) is 0. The largest absolute Gasteiger partial charge is 0.476 e. The number of pyridine rings is 1. The number of anilines is 1. The van der Waals surface area contributed by atoms with Gasteiger partial charge in [-0.1, -0.05) is 49.1 Å². The van der Waals surface area contributed by atoms with Gasteiger partial charge in [0.1, 0.15) is 0 Å². The summed E-state index contributed by atoms with van der Waals surface area (Å²) in [6.45, 7) is 10.6. The number of nitrogens with two attached hydrogens (primary N) is 1. The molecule has 5 heteroatoms. The van der Waals surface area contributed by atoms with Crippen LogP contribution >= 0.6 is 0 Å². The van der Waals surface area contributed by atoms with Crippen LogP contribution in [0, 0.1) is 13.8 Å². The zero-order chi connectivity index (χ0) is 16.7. The number of aromatic nitrogens is 1. The van der Waals surface area contributed by atoms with Crippen LogP contribution < -0.4 is 10.9 Å². The fourth-order valence-electron chi connectivity index (χ4n) is 2.39. The fraction of sp³-hybridized carbons (Fsp3) is 0.294. The van der Waals surface area contributed by atoms with Crippen molar-refractivity contribution >= 4 is 24.9 Å². The minimum absolute atomic E-state index is 0.0727. The van der Waals surface area contributed by atoms with Crippen molar-refractivity contribution in [3.8, 4) is 11.3 Å². The Balaban J connectivity index is 2.70. The van der Waals surface area contributed by atoms with Gasteiger partial charge in [0.25, 0.3) is 0 Å². The maximum Gasteiger partial charge on any atom is 0.356 e. The first-order valence-electron chi connectivity index (χ1n) is 7.23. The summed E-state index contributed by atoms with van der Waals surface area (Å²) in [5.74, 6) is -1.09. The van der Waals surface area contributed by atoms with E-state index in [1.165, 1.54) is 5.19 Å². The Labute approximate surface area is 132 Å². The lowest BCUT2D eigenvalue weighted by atomic mass is 10.0. The standard InChI is InChI=1S/C17H22N2O2Si/c1-10-11(2)15(19-16(14(10)18)17(20)21)12-7-6-8-13(9-12)22(3,4)5/h6-9H,18H2,1-5H3,(H,20,21). The first-order chi connectivity index (χ1) is 10.1. The molecule has 0 radical (unpaired) electrons. The van der Waals surface area contributed by atoms with Crippen LogP contribution in [0.15, 0.2) is 24.3 Å². The van der Waals surface area contributed by atoms with Crippen molar-refractivity contribution in [1.29, 1.82) is 0 Å². The molecular weight excluding hydrogens is 292 g/mol. The van der Waals surface area contributed by atoms with Crippen molar-refractivity contribution in [2.75, 3.05) is 5.73 Å². The predicted octanol–water partition coefficient (Wildman–Crippen LogP) is 3.19. The maximum absolute atomic E-state index is 11.4. The van der Waals surface area contributed by atoms with E-state index in [1.54, 1.807) is 0 Å². The van der Waals surface area contributed by atoms with Gasteiger partial charge in [-0.05, 0) is 25.0 Å². The van der Waals surface area contributed by atoms with Gasteiger partial charge in [-0.25, -0.2) is 9.78 Å². The Hall–Kier alpha value is -2.14. The highest BCUT2D eigenvalue weighted by molar-refractivity contribution is 6.88. The lowest BCUT2D eigenvalue weighted by Gasteiger charge is -2.19. The van der Waals surface area contributed by atoms with Gasteiger partial charge >= 0.3 is 5.97 Å². The molecule has 1 aromatic heterocycles. The minimum Gasteiger partial charge on any atom is -0.476 e. The molecule has 2 rings (SSSR count). The molecule has 3 N–H and O–H groups in total. The summed E-state index contributed by atoms with van der Waals surface area (Å²) in [7, 11) is -1.44. The fourth-order valence-corrected chi connectivity index (χ4v) is 3.57. The molecule has 1 aromatic carbocycles. The molecule has 0 aliphatic rings. The van der Waals surface area contributed by atoms with E-state index in [0.29, 0.717) is 5.69 Å². The first-order valence-corrected chi connectivity index (χ1v) is 10.7. The van der Waals surface area contributed by atoms with Crippen LogP contribution in [0.1, 0.15) is 21.6 Å². The monoisotopic (exact) mass is 314 g/mol. The van der Waals surface area contributed by atoms with Gasteiger partial charge in [-0.2, -0.15) is 0 Å². The van der Waals surface area contributed by atoms with Crippen LogP contribution in [-0.4, -0.2) is 24.1 Å². The van der Waals surface area contributed by atoms with Gasteiger partial charge in [-0.15, -0.1) is 0 Å². The molecule has 0 amide bonds. The molecule has 4 nitrogen and oxygen atoms in total. The molecular formula is C17H22N2O2Si. The highest BCUT2D eigenvalue weighted by atomic mass is 28.3. The third kappa shape index (κ3) is 2.90. The number of rotatable bonds is 3. The quantitative estimate of drug-likeness (QED) is 0.853. The van der Waals surface area contributed by atoms with Gasteiger partial charge in [0, 0.05) is 5.56 Å². The molecule has 116 valence electrons. The molecule has 0 aliphatic carbocycles. The number of carboxylic acids is 1. The average molecular weight is 314 g/mol. The van der Waals surface area contributed by atoms with Gasteiger partial charge in [0.2, 0.25) is 0 Å². The summed E-state index contributed by atoms with van der Waals surface area (Å²) >= 11 is 0. The van der Waals surface area contributed by atoms with Crippen LogP contribution in [-0.2, 0) is 0 Å². The van der Waals surface area contributed by atoms with Crippen LogP contribution in [0.4, 0.5) is 5.69 Å². The predicted molar refractivity (Wildman–Crippen MR) is 93.5 cm³/mol. The molecule has 0 atom stereocenters. The Bertz CT molecular complexity index is 749. The van der Waals surface area contributed by atoms with E-state index in [2.05, 4.69) is 36.8 Å². The van der Waals surface area contributed by atoms with E-state index >= 15 is 0 Å². The normalized spacial score (nSPS) is 11.5. The van der Waals surface area contributed by atoms with Gasteiger partial charge in [-0.3, -0.25) is 0 Å². The maximum atomic E-state index is 11.4. The van der Waals surface area contributed by atoms with Gasteiger partial charge < -0.3 is 10.8 Å². The molecule has 0 aliphatic heterocycles. The molecule has 0 bridgehead atoms. The van der Waals surface area contributed by atoms with Gasteiger partial charge in [0.15, 0.2) is 5.69 Å². The Kier molecular flexibility index (Phi) is 4.11. The lowest BCUT2D eigenvalue weighted by Crippen LogP contribution is -2.37. The van der Waals surface area contributed by atoms with E-state index in [0.717, 1.165) is 16.7 Å². The minimum atomic E-state index is -1.44. The second-order valence-corrected chi connectivity index (χ2v) is 11.7. The molecule has 2 aromatic rings. The Morgan fingerprint density at radius 2 is 1.82 bits per heavy atom. The molecule has 1 heterocycles. The SMILES string of the molecule is Cc1c(-c2cccc([Si](C)(C)C)c2)nc(C(=O)O)c(N)c1C. The number of nitrogen functional groups attached to an aromatic ring is 1. The number of nitrogens with zero attached hydrogens (tertiary/aromatic N) is 1. The second kappa shape index (κ2) is 5.57. The van der Waals surface area contributed by atoms with Crippen molar-refractivity contribution in [2.45, 2.75) is 33.5 Å². The Morgan fingerprint density at radius 3 is 2.36 bits per heavy atom. The third-order valence-corrected chi connectivity index (χ3v) is 6.05. The summed E-state index contributed by atoms with van der Waals surface area (Å²) in [5, 5.41) is 10.6. The highest BCUT2D eigenvalue weighted by Gasteiger charge is 2.20. The molecule has 22 heavy (non-hydrogen) atoms. The molecule has 0 fully saturated rings. The summed E-state index contributed by atoms with van der Waals surface area (Å²) in [6, 6.07) is 8.24. The molecule has 0 spiro atoms. The number of carboxylic acid groups (broad SMARTS) is 1. The molecule has 0 saturated heterocycles. The number of benzene rings is 1. The summed E-state index contributed by atoms with van der Waals surface area (Å²) in [5.41, 5.74) is 9.42. The zero-order valence-corrected chi connectivity index (χ0v) is 14.7. The average Bonchev–Trinajstić information content (AvgIpc) is 2.44. The van der Waals surface area contributed by atoms with Gasteiger partial charge in [0.05, 0.1) is 19.5 Å². The highest BCUT2D eigenvalue weighted by Crippen LogP contribution is 2.28. The van der Waals surface area contributed by atoms with E-state index in [9.17, 15) is 9.90 Å². The van der Waals surface area contributed by atoms with Crippen LogP contribution in [0.2, 0.25) is 19.6 Å². The van der Waals surface area contributed by atoms with Crippen molar-refractivity contribution in [1.82, 2.24) is 4.98 Å². The smallest absolute Gasteiger partial charge is 0.356 e. The van der Waals surface area contributed by atoms with Crippen LogP contribution in [0.5, 0.6) is 0 Å². The number of carbonyl (C=O) groups is 1. The summed E-state index contributed by atoms with van der Waals surface area (Å²) < 4.78 is 0.